The fraction of sp³-hybridized carbons (Fsp3) is 0.608. The monoisotopic (exact) mass is 985 g/mol. The van der Waals surface area contributed by atoms with Gasteiger partial charge in [0.1, 0.15) is 23.0 Å². The summed E-state index contributed by atoms with van der Waals surface area (Å²) in [5.41, 5.74) is 2.13. The fourth-order valence-corrected chi connectivity index (χ4v) is 11.1. The van der Waals surface area contributed by atoms with Crippen molar-refractivity contribution in [3.05, 3.63) is 57.1 Å². The zero-order valence-electron chi connectivity index (χ0n) is 42.0. The molecule has 16 nitrogen and oxygen atoms in total. The molecule has 4 aromatic rings. The summed E-state index contributed by atoms with van der Waals surface area (Å²) < 4.78 is 0. The van der Waals surface area contributed by atoms with E-state index in [4.69, 9.17) is 0 Å². The number of anilines is 2. The number of amides is 4. The molecule has 2 saturated heterocycles. The number of likely N-dealkylation sites (tertiary alicyclic amines) is 2. The van der Waals surface area contributed by atoms with Crippen molar-refractivity contribution in [3.63, 3.8) is 0 Å². The molecule has 2 aliphatic heterocycles. The molecule has 6 heterocycles. The van der Waals surface area contributed by atoms with Crippen molar-refractivity contribution < 1.29 is 29.4 Å². The first-order valence-corrected chi connectivity index (χ1v) is 26.3. The van der Waals surface area contributed by atoms with Gasteiger partial charge in [-0.05, 0) is 156 Å². The lowest BCUT2D eigenvalue weighted by Crippen LogP contribution is -2.47. The van der Waals surface area contributed by atoms with Gasteiger partial charge in [0.05, 0.1) is 21.0 Å². The molecule has 0 aromatic carbocycles. The summed E-state index contributed by atoms with van der Waals surface area (Å²) in [7, 11) is 0. The molecule has 18 heteroatoms. The summed E-state index contributed by atoms with van der Waals surface area (Å²) in [6.07, 6.45) is 13.3. The molecule has 2 aliphatic carbocycles. The highest BCUT2D eigenvalue weighted by molar-refractivity contribution is 7.17. The van der Waals surface area contributed by atoms with Crippen LogP contribution in [-0.4, -0.2) is 125 Å². The number of rotatable bonds is 15. The van der Waals surface area contributed by atoms with E-state index in [-0.39, 0.29) is 58.4 Å². The average Bonchev–Trinajstić information content (AvgIpc) is 3.58. The number of nitrogens with one attached hydrogen (secondary N) is 4. The predicted molar refractivity (Wildman–Crippen MR) is 273 cm³/mol. The SMILES string of the molecule is CC[C@@H](Nc1cc(C)c(-c2sc(C(=O)NCC(C)(C)O)nc2C(=O)N2CCC[C@@H]2C)cn1)C1CC1.Cc1cc(NC(C)(C)C)ncc1-c1sc(C(=O)NCC2(O)CCC2)nc1C(=O)N1CCC[C@@H]1C. The van der Waals surface area contributed by atoms with E-state index in [9.17, 15) is 29.4 Å². The zero-order valence-corrected chi connectivity index (χ0v) is 43.7. The van der Waals surface area contributed by atoms with E-state index in [2.05, 4.69) is 68.9 Å². The standard InChI is InChI=1S/C26H37N5O3S.C25H35N5O3S/c1-6-19(17-9-10-17)29-20-12-15(2)18(13-27-20)22-21(25(33)31-11-7-8-16(31)3)30-24(35-22)23(32)28-14-26(4,5)34;1-15-12-18(29-24(3,4)5)26-13-17(15)20-19(23(32)30-11-6-8-16(30)2)28-22(34-20)21(31)27-14-25(33)9-7-10-25/h12-13,16-17,19,34H,6-11,14H2,1-5H3,(H,27,29)(H,28,32);12-13,16,33H,6-11,14H2,1-5H3,(H,26,29)(H,27,31)/t16-,19+;16-/m00/s1. The molecule has 8 rings (SSSR count). The Hall–Kier alpha value is -5.04. The Kier molecular flexibility index (Phi) is 15.9. The maximum absolute atomic E-state index is 13.5. The Balaban J connectivity index is 0.000000204. The highest BCUT2D eigenvalue weighted by Gasteiger charge is 2.37. The fourth-order valence-electron chi connectivity index (χ4n) is 9.05. The largest absolute Gasteiger partial charge is 0.389 e. The topological polar surface area (TPSA) is 215 Å². The minimum absolute atomic E-state index is 0.0910. The van der Waals surface area contributed by atoms with Crippen LogP contribution in [0.4, 0.5) is 11.6 Å². The first-order chi connectivity index (χ1) is 32.5. The van der Waals surface area contributed by atoms with E-state index in [1.54, 1.807) is 26.2 Å². The number of hydrogen-bond donors (Lipinski definition) is 6. The van der Waals surface area contributed by atoms with Gasteiger partial charge in [-0.1, -0.05) is 6.92 Å². The van der Waals surface area contributed by atoms with Gasteiger partial charge in [-0.15, -0.1) is 22.7 Å². The number of aromatic nitrogens is 4. The zero-order chi connectivity index (χ0) is 50.0. The summed E-state index contributed by atoms with van der Waals surface area (Å²) in [5.74, 6) is 1.25. The van der Waals surface area contributed by atoms with Crippen molar-refractivity contribution >= 4 is 57.9 Å². The second-order valence-electron chi connectivity index (χ2n) is 21.3. The lowest BCUT2D eigenvalue weighted by molar-refractivity contribution is -0.0300. The second-order valence-corrected chi connectivity index (χ2v) is 23.3. The highest BCUT2D eigenvalue weighted by atomic mass is 32.1. The van der Waals surface area contributed by atoms with Gasteiger partial charge in [-0.2, -0.15) is 0 Å². The van der Waals surface area contributed by atoms with Crippen molar-refractivity contribution in [1.82, 2.24) is 40.4 Å². The van der Waals surface area contributed by atoms with Crippen LogP contribution in [0.25, 0.3) is 20.9 Å². The van der Waals surface area contributed by atoms with Crippen LogP contribution in [0.2, 0.25) is 0 Å². The number of carbonyl (C=O) groups excluding carboxylic acids is 4. The molecule has 4 aliphatic rings. The quantitative estimate of drug-likeness (QED) is 0.0665. The van der Waals surface area contributed by atoms with E-state index in [1.165, 1.54) is 35.5 Å². The van der Waals surface area contributed by atoms with Crippen molar-refractivity contribution in [2.75, 3.05) is 36.8 Å². The van der Waals surface area contributed by atoms with Crippen LogP contribution < -0.4 is 21.3 Å². The minimum atomic E-state index is -1.04. The summed E-state index contributed by atoms with van der Waals surface area (Å²) in [4.78, 5) is 76.0. The number of thiazole rings is 2. The number of aryl methyl sites for hydroxylation is 2. The van der Waals surface area contributed by atoms with Gasteiger partial charge in [0, 0.05) is 73.4 Å². The van der Waals surface area contributed by atoms with Crippen LogP contribution >= 0.6 is 22.7 Å². The number of aliphatic hydroxyl groups is 2. The molecule has 374 valence electrons. The Labute approximate surface area is 414 Å². The number of nitrogens with zero attached hydrogens (tertiary/aromatic N) is 6. The van der Waals surface area contributed by atoms with Gasteiger partial charge >= 0.3 is 0 Å². The molecule has 69 heavy (non-hydrogen) atoms. The number of hydrogen-bond acceptors (Lipinski definition) is 14. The summed E-state index contributed by atoms with van der Waals surface area (Å²) in [6.45, 7) is 21.4. The maximum Gasteiger partial charge on any atom is 0.280 e. The van der Waals surface area contributed by atoms with Crippen molar-refractivity contribution in [1.29, 1.82) is 0 Å². The summed E-state index contributed by atoms with van der Waals surface area (Å²) in [6, 6.07) is 4.68. The first kappa shape index (κ1) is 51.8. The predicted octanol–water partition coefficient (Wildman–Crippen LogP) is 8.23. The number of carbonyl (C=O) groups is 4. The first-order valence-electron chi connectivity index (χ1n) is 24.7. The van der Waals surface area contributed by atoms with Gasteiger partial charge in [0.25, 0.3) is 23.6 Å². The van der Waals surface area contributed by atoms with Crippen molar-refractivity contribution in [2.24, 2.45) is 5.92 Å². The molecule has 0 spiro atoms. The normalized spacial score (nSPS) is 19.3. The van der Waals surface area contributed by atoms with Gasteiger partial charge in [-0.25, -0.2) is 19.9 Å². The third-order valence-electron chi connectivity index (χ3n) is 13.4. The summed E-state index contributed by atoms with van der Waals surface area (Å²) >= 11 is 2.41. The van der Waals surface area contributed by atoms with E-state index < -0.39 is 17.1 Å². The van der Waals surface area contributed by atoms with Crippen LogP contribution in [0.15, 0.2) is 24.5 Å². The van der Waals surface area contributed by atoms with Crippen LogP contribution in [0.1, 0.15) is 171 Å². The van der Waals surface area contributed by atoms with Crippen molar-refractivity contribution in [2.45, 2.75) is 168 Å². The Morgan fingerprint density at radius 3 is 1.67 bits per heavy atom. The van der Waals surface area contributed by atoms with E-state index >= 15 is 0 Å². The molecule has 0 bridgehead atoms. The third-order valence-corrected chi connectivity index (χ3v) is 15.6. The van der Waals surface area contributed by atoms with E-state index in [0.717, 1.165) is 78.3 Å². The van der Waals surface area contributed by atoms with Gasteiger partial charge in [-0.3, -0.25) is 19.2 Å². The molecule has 4 amide bonds. The summed E-state index contributed by atoms with van der Waals surface area (Å²) in [5, 5.41) is 33.2. The Morgan fingerprint density at radius 1 is 0.768 bits per heavy atom. The van der Waals surface area contributed by atoms with Gasteiger partial charge in [0.15, 0.2) is 10.0 Å². The minimum Gasteiger partial charge on any atom is -0.389 e. The smallest absolute Gasteiger partial charge is 0.280 e. The molecule has 6 N–H and O–H groups in total. The number of pyridine rings is 2. The highest BCUT2D eigenvalue weighted by Crippen LogP contribution is 2.39. The molecule has 3 atom stereocenters. The molecule has 0 unspecified atom stereocenters. The molecule has 2 saturated carbocycles. The van der Waals surface area contributed by atoms with Crippen LogP contribution in [-0.2, 0) is 0 Å². The molecular formula is C51H72N10O6S2. The molecular weight excluding hydrogens is 913 g/mol. The lowest BCUT2D eigenvalue weighted by atomic mass is 9.80. The lowest BCUT2D eigenvalue weighted by Gasteiger charge is -2.36. The Morgan fingerprint density at radius 2 is 1.26 bits per heavy atom. The second kappa shape index (κ2) is 21.1. The van der Waals surface area contributed by atoms with Crippen molar-refractivity contribution in [3.8, 4) is 20.9 Å². The Bertz CT molecular complexity index is 2520. The average molecular weight is 985 g/mol. The van der Waals surface area contributed by atoms with Crippen LogP contribution in [0, 0.1) is 19.8 Å². The van der Waals surface area contributed by atoms with E-state index in [1.807, 2.05) is 49.6 Å². The van der Waals surface area contributed by atoms with E-state index in [0.29, 0.717) is 53.1 Å². The molecule has 0 radical (unpaired) electrons. The van der Waals surface area contributed by atoms with Crippen LogP contribution in [0.5, 0.6) is 0 Å². The molecule has 4 fully saturated rings. The maximum atomic E-state index is 13.5. The van der Waals surface area contributed by atoms with Gasteiger partial charge in [0.2, 0.25) is 0 Å². The molecule has 4 aromatic heterocycles. The van der Waals surface area contributed by atoms with Gasteiger partial charge < -0.3 is 41.3 Å². The third kappa shape index (κ3) is 12.8. The van der Waals surface area contributed by atoms with Crippen LogP contribution in [0.3, 0.4) is 0 Å².